The van der Waals surface area contributed by atoms with E-state index in [0.717, 1.165) is 29.2 Å². The van der Waals surface area contributed by atoms with Crippen molar-refractivity contribution in [3.63, 3.8) is 0 Å². The van der Waals surface area contributed by atoms with Crippen molar-refractivity contribution < 1.29 is 0 Å². The standard InChI is InChI=1S/C18H19N3S/c1-3-7-16-21-17(14-10-6-11-15(19)20-14)18(22-16)13-9-5-4-8-12(13)2/h4-6,8-11H,3,7H2,1-2H3,(H2,19,20). The van der Waals surface area contributed by atoms with Crippen molar-refractivity contribution >= 4 is 17.2 Å². The Kier molecular flexibility index (Phi) is 4.20. The monoisotopic (exact) mass is 309 g/mol. The van der Waals surface area contributed by atoms with Gasteiger partial charge < -0.3 is 5.73 Å². The maximum atomic E-state index is 5.84. The van der Waals surface area contributed by atoms with E-state index in [0.29, 0.717) is 5.82 Å². The summed E-state index contributed by atoms with van der Waals surface area (Å²) in [6, 6.07) is 14.1. The van der Waals surface area contributed by atoms with Crippen LogP contribution in [0.4, 0.5) is 5.82 Å². The minimum atomic E-state index is 0.526. The van der Waals surface area contributed by atoms with Crippen LogP contribution < -0.4 is 5.73 Å². The molecule has 2 aromatic heterocycles. The molecule has 0 spiro atoms. The zero-order valence-corrected chi connectivity index (χ0v) is 13.7. The summed E-state index contributed by atoms with van der Waals surface area (Å²) in [5.74, 6) is 0.526. The Morgan fingerprint density at radius 3 is 2.59 bits per heavy atom. The lowest BCUT2D eigenvalue weighted by Gasteiger charge is -2.05. The molecule has 0 saturated carbocycles. The first-order valence-electron chi connectivity index (χ1n) is 7.47. The second-order valence-corrected chi connectivity index (χ2v) is 6.38. The fourth-order valence-electron chi connectivity index (χ4n) is 2.45. The molecule has 112 valence electrons. The number of hydrogen-bond donors (Lipinski definition) is 1. The Balaban J connectivity index is 2.18. The number of benzene rings is 1. The Hall–Kier alpha value is -2.20. The molecule has 0 amide bonds. The molecule has 0 aliphatic rings. The smallest absolute Gasteiger partial charge is 0.124 e. The predicted octanol–water partition coefficient (Wildman–Crippen LogP) is 4.72. The normalized spacial score (nSPS) is 10.8. The van der Waals surface area contributed by atoms with Crippen LogP contribution >= 0.6 is 11.3 Å². The molecule has 0 saturated heterocycles. The van der Waals surface area contributed by atoms with Crippen molar-refractivity contribution in [2.75, 3.05) is 5.73 Å². The zero-order valence-electron chi connectivity index (χ0n) is 12.8. The minimum Gasteiger partial charge on any atom is -0.384 e. The van der Waals surface area contributed by atoms with Crippen LogP contribution in [0.3, 0.4) is 0 Å². The number of anilines is 1. The number of rotatable bonds is 4. The van der Waals surface area contributed by atoms with E-state index >= 15 is 0 Å². The lowest BCUT2D eigenvalue weighted by Crippen LogP contribution is -1.93. The molecule has 0 radical (unpaired) electrons. The molecule has 1 aromatic carbocycles. The first-order chi connectivity index (χ1) is 10.7. The molecule has 0 aliphatic heterocycles. The molecule has 4 heteroatoms. The van der Waals surface area contributed by atoms with Gasteiger partial charge in [-0.2, -0.15) is 0 Å². The van der Waals surface area contributed by atoms with Crippen LogP contribution in [0.2, 0.25) is 0 Å². The van der Waals surface area contributed by atoms with Gasteiger partial charge in [-0.3, -0.25) is 0 Å². The highest BCUT2D eigenvalue weighted by Crippen LogP contribution is 2.38. The molecule has 0 fully saturated rings. The summed E-state index contributed by atoms with van der Waals surface area (Å²) in [6.07, 6.45) is 2.08. The second kappa shape index (κ2) is 6.28. The third-order valence-corrected chi connectivity index (χ3v) is 4.69. The SMILES string of the molecule is CCCc1nc(-c2cccc(N)n2)c(-c2ccccc2C)s1. The third-order valence-electron chi connectivity index (χ3n) is 3.54. The lowest BCUT2D eigenvalue weighted by atomic mass is 10.1. The van der Waals surface area contributed by atoms with Crippen LogP contribution in [0.25, 0.3) is 21.8 Å². The molecule has 0 atom stereocenters. The first-order valence-corrected chi connectivity index (χ1v) is 8.29. The molecule has 3 rings (SSSR count). The Labute approximate surface area is 134 Å². The van der Waals surface area contributed by atoms with Gasteiger partial charge in [0.15, 0.2) is 0 Å². The van der Waals surface area contributed by atoms with Gasteiger partial charge >= 0.3 is 0 Å². The van der Waals surface area contributed by atoms with Gasteiger partial charge in [0.1, 0.15) is 11.5 Å². The fourth-order valence-corrected chi connectivity index (χ4v) is 3.72. The van der Waals surface area contributed by atoms with Gasteiger partial charge in [-0.15, -0.1) is 11.3 Å². The number of thiazole rings is 1. The number of nitrogens with zero attached hydrogens (tertiary/aromatic N) is 2. The summed E-state index contributed by atoms with van der Waals surface area (Å²) in [5.41, 5.74) is 10.1. The van der Waals surface area contributed by atoms with Crippen molar-refractivity contribution in [1.29, 1.82) is 0 Å². The average Bonchev–Trinajstić information content (AvgIpc) is 2.92. The van der Waals surface area contributed by atoms with E-state index in [4.69, 9.17) is 10.7 Å². The molecular weight excluding hydrogens is 290 g/mol. The van der Waals surface area contributed by atoms with E-state index in [-0.39, 0.29) is 0 Å². The Bertz CT molecular complexity index is 793. The summed E-state index contributed by atoms with van der Waals surface area (Å²) < 4.78 is 0. The minimum absolute atomic E-state index is 0.526. The molecule has 2 N–H and O–H groups in total. The summed E-state index contributed by atoms with van der Waals surface area (Å²) in [4.78, 5) is 10.5. The molecule has 0 unspecified atom stereocenters. The van der Waals surface area contributed by atoms with Crippen molar-refractivity contribution in [1.82, 2.24) is 9.97 Å². The zero-order chi connectivity index (χ0) is 15.5. The largest absolute Gasteiger partial charge is 0.384 e. The van der Waals surface area contributed by atoms with Crippen molar-refractivity contribution in [2.24, 2.45) is 0 Å². The number of aryl methyl sites for hydroxylation is 2. The van der Waals surface area contributed by atoms with E-state index in [1.807, 2.05) is 12.1 Å². The predicted molar refractivity (Wildman–Crippen MR) is 93.9 cm³/mol. The quantitative estimate of drug-likeness (QED) is 0.759. The van der Waals surface area contributed by atoms with Crippen LogP contribution in [-0.2, 0) is 6.42 Å². The highest BCUT2D eigenvalue weighted by atomic mass is 32.1. The third kappa shape index (κ3) is 2.88. The Morgan fingerprint density at radius 1 is 1.05 bits per heavy atom. The number of nitrogen functional groups attached to an aromatic ring is 1. The molecular formula is C18H19N3S. The van der Waals surface area contributed by atoms with Crippen molar-refractivity contribution in [2.45, 2.75) is 26.7 Å². The van der Waals surface area contributed by atoms with Crippen molar-refractivity contribution in [3.8, 4) is 21.8 Å². The highest BCUT2D eigenvalue weighted by Gasteiger charge is 2.17. The molecule has 0 aliphatic carbocycles. The van der Waals surface area contributed by atoms with Gasteiger partial charge in [0.25, 0.3) is 0 Å². The summed E-state index contributed by atoms with van der Waals surface area (Å²) >= 11 is 1.76. The average molecular weight is 309 g/mol. The van der Waals surface area contributed by atoms with Gasteiger partial charge in [0, 0.05) is 0 Å². The van der Waals surface area contributed by atoms with Gasteiger partial charge in [0.2, 0.25) is 0 Å². The highest BCUT2D eigenvalue weighted by molar-refractivity contribution is 7.15. The lowest BCUT2D eigenvalue weighted by molar-refractivity contribution is 0.909. The topological polar surface area (TPSA) is 51.8 Å². The van der Waals surface area contributed by atoms with Gasteiger partial charge in [0.05, 0.1) is 15.6 Å². The number of aromatic nitrogens is 2. The van der Waals surface area contributed by atoms with Crippen LogP contribution in [-0.4, -0.2) is 9.97 Å². The fraction of sp³-hybridized carbons (Fsp3) is 0.222. The maximum absolute atomic E-state index is 5.84. The van der Waals surface area contributed by atoms with E-state index in [9.17, 15) is 0 Å². The molecule has 0 bridgehead atoms. The Morgan fingerprint density at radius 2 is 1.86 bits per heavy atom. The van der Waals surface area contributed by atoms with Crippen LogP contribution in [0.15, 0.2) is 42.5 Å². The van der Waals surface area contributed by atoms with E-state index in [2.05, 4.69) is 43.1 Å². The van der Waals surface area contributed by atoms with Crippen molar-refractivity contribution in [3.05, 3.63) is 53.0 Å². The van der Waals surface area contributed by atoms with E-state index in [1.165, 1.54) is 16.0 Å². The number of hydrogen-bond acceptors (Lipinski definition) is 4. The maximum Gasteiger partial charge on any atom is 0.124 e. The summed E-state index contributed by atoms with van der Waals surface area (Å²) in [6.45, 7) is 4.30. The summed E-state index contributed by atoms with van der Waals surface area (Å²) in [7, 11) is 0. The van der Waals surface area contributed by atoms with Gasteiger partial charge in [-0.25, -0.2) is 9.97 Å². The van der Waals surface area contributed by atoms with Crippen LogP contribution in [0.5, 0.6) is 0 Å². The number of pyridine rings is 1. The molecule has 22 heavy (non-hydrogen) atoms. The number of nitrogens with two attached hydrogens (primary N) is 1. The van der Waals surface area contributed by atoms with Gasteiger partial charge in [-0.05, 0) is 43.0 Å². The van der Waals surface area contributed by atoms with E-state index in [1.54, 1.807) is 17.4 Å². The van der Waals surface area contributed by atoms with E-state index < -0.39 is 0 Å². The molecule has 2 heterocycles. The van der Waals surface area contributed by atoms with Crippen LogP contribution in [0, 0.1) is 6.92 Å². The van der Waals surface area contributed by atoms with Gasteiger partial charge in [-0.1, -0.05) is 37.3 Å². The first kappa shape index (κ1) is 14.7. The molecule has 3 nitrogen and oxygen atoms in total. The summed E-state index contributed by atoms with van der Waals surface area (Å²) in [5, 5.41) is 1.15. The molecule has 3 aromatic rings. The second-order valence-electron chi connectivity index (χ2n) is 5.30. The van der Waals surface area contributed by atoms with Crippen LogP contribution in [0.1, 0.15) is 23.9 Å².